The lowest BCUT2D eigenvalue weighted by atomic mass is 9.94. The molecule has 0 spiro atoms. The predicted octanol–water partition coefficient (Wildman–Crippen LogP) is 5.25. The van der Waals surface area contributed by atoms with Gasteiger partial charge in [0, 0.05) is 11.1 Å². The van der Waals surface area contributed by atoms with Crippen molar-refractivity contribution in [1.29, 1.82) is 0 Å². The molecule has 1 unspecified atom stereocenters. The van der Waals surface area contributed by atoms with Gasteiger partial charge >= 0.3 is 5.91 Å². The largest absolute Gasteiger partial charge is 0.507 e. The summed E-state index contributed by atoms with van der Waals surface area (Å²) in [7, 11) is 3.04. The zero-order valence-corrected chi connectivity index (χ0v) is 20.1. The fourth-order valence-electron chi connectivity index (χ4n) is 4.25. The molecular weight excluding hydrogens is 464 g/mol. The van der Waals surface area contributed by atoms with E-state index < -0.39 is 17.7 Å². The molecule has 1 N–H and O–H groups in total. The lowest BCUT2D eigenvalue weighted by Crippen LogP contribution is -2.29. The molecule has 176 valence electrons. The summed E-state index contributed by atoms with van der Waals surface area (Å²) in [6, 6.07) is 18.7. The van der Waals surface area contributed by atoms with Crippen LogP contribution in [0.5, 0.6) is 11.5 Å². The summed E-state index contributed by atoms with van der Waals surface area (Å²) in [5.74, 6) is -0.868. The van der Waals surface area contributed by atoms with E-state index >= 15 is 0 Å². The molecule has 0 saturated carbocycles. The highest BCUT2D eigenvalue weighted by Crippen LogP contribution is 2.47. The molecule has 1 fully saturated rings. The van der Waals surface area contributed by atoms with Gasteiger partial charge in [-0.05, 0) is 42.8 Å². The van der Waals surface area contributed by atoms with Gasteiger partial charge < -0.3 is 14.6 Å². The number of fused-ring (bicyclic) bond motifs is 1. The van der Waals surface area contributed by atoms with E-state index in [1.807, 2.05) is 25.1 Å². The first kappa shape index (κ1) is 22.6. The van der Waals surface area contributed by atoms with Crippen molar-refractivity contribution >= 4 is 44.1 Å². The summed E-state index contributed by atoms with van der Waals surface area (Å²) in [5.41, 5.74) is 2.67. The second-order valence-corrected chi connectivity index (χ2v) is 9.12. The van der Waals surface area contributed by atoms with Crippen LogP contribution in [0.2, 0.25) is 0 Å². The minimum absolute atomic E-state index is 0.0387. The molecule has 1 saturated heterocycles. The molecule has 35 heavy (non-hydrogen) atoms. The Morgan fingerprint density at radius 3 is 2.49 bits per heavy atom. The van der Waals surface area contributed by atoms with Crippen molar-refractivity contribution in [2.45, 2.75) is 13.0 Å². The van der Waals surface area contributed by atoms with Gasteiger partial charge in [0.15, 0.2) is 5.13 Å². The number of hydrogen-bond donors (Lipinski definition) is 1. The molecule has 7 nitrogen and oxygen atoms in total. The number of Topliss-reactive ketones (excluding diaryl/α,β-unsaturated/α-hetero) is 1. The van der Waals surface area contributed by atoms with Gasteiger partial charge in [-0.1, -0.05) is 47.7 Å². The van der Waals surface area contributed by atoms with Gasteiger partial charge in [0.25, 0.3) is 5.78 Å². The zero-order valence-electron chi connectivity index (χ0n) is 19.3. The van der Waals surface area contributed by atoms with Crippen LogP contribution >= 0.6 is 11.3 Å². The van der Waals surface area contributed by atoms with E-state index in [2.05, 4.69) is 4.98 Å². The van der Waals surface area contributed by atoms with Crippen molar-refractivity contribution in [3.05, 3.63) is 89.0 Å². The number of carbonyl (C=O) groups excluding carboxylic acids is 2. The fraction of sp³-hybridized carbons (Fsp3) is 0.148. The smallest absolute Gasteiger partial charge is 0.301 e. The molecular formula is C27H22N2O5S. The third-order valence-corrected chi connectivity index (χ3v) is 6.98. The standard InChI is InChI=1S/C27H22N2O5S/c1-15-9-11-19-21(13-15)35-27(28-19)29-23(18-14-17(33-2)10-12-20(18)34-3)22(25(31)26(29)32)24(30)16-7-5-4-6-8-16/h4-14,23,30H,1-3H3. The Balaban J connectivity index is 1.79. The second kappa shape index (κ2) is 8.88. The van der Waals surface area contributed by atoms with E-state index in [4.69, 9.17) is 9.47 Å². The van der Waals surface area contributed by atoms with Crippen molar-refractivity contribution in [3.8, 4) is 11.5 Å². The Morgan fingerprint density at radius 2 is 1.77 bits per heavy atom. The number of aromatic nitrogens is 1. The molecule has 8 heteroatoms. The molecule has 3 aromatic carbocycles. The van der Waals surface area contributed by atoms with Crippen molar-refractivity contribution in [1.82, 2.24) is 4.98 Å². The quantitative estimate of drug-likeness (QED) is 0.236. The van der Waals surface area contributed by atoms with Crippen LogP contribution in [0.15, 0.2) is 72.3 Å². The normalized spacial score (nSPS) is 17.2. The van der Waals surface area contributed by atoms with Crippen LogP contribution in [0.25, 0.3) is 16.0 Å². The number of ketones is 1. The van der Waals surface area contributed by atoms with Crippen LogP contribution in [-0.4, -0.2) is 36.0 Å². The number of rotatable bonds is 5. The molecule has 5 rings (SSSR count). The monoisotopic (exact) mass is 486 g/mol. The van der Waals surface area contributed by atoms with Crippen LogP contribution in [0.4, 0.5) is 5.13 Å². The molecule has 0 bridgehead atoms. The summed E-state index contributed by atoms with van der Waals surface area (Å²) < 4.78 is 11.9. The van der Waals surface area contributed by atoms with Crippen molar-refractivity contribution in [3.63, 3.8) is 0 Å². The van der Waals surface area contributed by atoms with Gasteiger partial charge in [-0.15, -0.1) is 0 Å². The number of benzene rings is 3. The van der Waals surface area contributed by atoms with Crippen LogP contribution < -0.4 is 14.4 Å². The highest BCUT2D eigenvalue weighted by Gasteiger charge is 2.49. The van der Waals surface area contributed by atoms with Crippen molar-refractivity contribution in [2.75, 3.05) is 19.1 Å². The highest BCUT2D eigenvalue weighted by molar-refractivity contribution is 7.22. The van der Waals surface area contributed by atoms with Crippen molar-refractivity contribution < 1.29 is 24.2 Å². The SMILES string of the molecule is COc1ccc(OC)c(C2C(=C(O)c3ccccc3)C(=O)C(=O)N2c2nc3ccc(C)cc3s2)c1. The second-order valence-electron chi connectivity index (χ2n) is 8.11. The zero-order chi connectivity index (χ0) is 24.7. The molecule has 1 aliphatic heterocycles. The fourth-order valence-corrected chi connectivity index (χ4v) is 5.34. The third-order valence-electron chi connectivity index (χ3n) is 5.96. The van der Waals surface area contributed by atoms with E-state index in [0.29, 0.717) is 27.8 Å². The van der Waals surface area contributed by atoms with Gasteiger partial charge in [0.05, 0.1) is 30.0 Å². The maximum Gasteiger partial charge on any atom is 0.301 e. The number of amides is 1. The Kier molecular flexibility index (Phi) is 5.74. The third kappa shape index (κ3) is 3.81. The van der Waals surface area contributed by atoms with Crippen LogP contribution in [0.3, 0.4) is 0 Å². The van der Waals surface area contributed by atoms with Crippen LogP contribution in [0, 0.1) is 6.92 Å². The number of ether oxygens (including phenoxy) is 2. The average Bonchev–Trinajstić information content (AvgIpc) is 3.41. The van der Waals surface area contributed by atoms with E-state index in [0.717, 1.165) is 15.8 Å². The van der Waals surface area contributed by atoms with E-state index in [-0.39, 0.29) is 11.3 Å². The van der Waals surface area contributed by atoms with Crippen LogP contribution in [-0.2, 0) is 9.59 Å². The summed E-state index contributed by atoms with van der Waals surface area (Å²) in [5, 5.41) is 11.6. The molecule has 1 aromatic heterocycles. The Labute approximate surface area is 205 Å². The summed E-state index contributed by atoms with van der Waals surface area (Å²) in [4.78, 5) is 32.9. The van der Waals surface area contributed by atoms with Crippen LogP contribution in [0.1, 0.15) is 22.7 Å². The number of aliphatic hydroxyl groups excluding tert-OH is 1. The average molecular weight is 487 g/mol. The highest BCUT2D eigenvalue weighted by atomic mass is 32.1. The summed E-state index contributed by atoms with van der Waals surface area (Å²) in [6.45, 7) is 1.98. The maximum absolute atomic E-state index is 13.5. The Hall–Kier alpha value is -4.17. The number of methoxy groups -OCH3 is 2. The summed E-state index contributed by atoms with van der Waals surface area (Å²) in [6.07, 6.45) is 0. The molecule has 1 amide bonds. The molecule has 0 radical (unpaired) electrons. The number of aryl methyl sites for hydroxylation is 1. The lowest BCUT2D eigenvalue weighted by molar-refractivity contribution is -0.132. The number of carbonyl (C=O) groups is 2. The molecule has 4 aromatic rings. The molecule has 2 heterocycles. The van der Waals surface area contributed by atoms with E-state index in [1.165, 1.54) is 30.5 Å². The van der Waals surface area contributed by atoms with Crippen molar-refractivity contribution in [2.24, 2.45) is 0 Å². The summed E-state index contributed by atoms with van der Waals surface area (Å²) >= 11 is 1.31. The van der Waals surface area contributed by atoms with Gasteiger partial charge in [-0.2, -0.15) is 0 Å². The first-order valence-electron chi connectivity index (χ1n) is 10.9. The first-order valence-corrected chi connectivity index (χ1v) is 11.7. The Bertz CT molecular complexity index is 1490. The number of nitrogens with zero attached hydrogens (tertiary/aromatic N) is 2. The number of hydrogen-bond acceptors (Lipinski definition) is 7. The van der Waals surface area contributed by atoms with Gasteiger partial charge in [-0.3, -0.25) is 14.5 Å². The predicted molar refractivity (Wildman–Crippen MR) is 135 cm³/mol. The number of aliphatic hydroxyl groups is 1. The number of anilines is 1. The topological polar surface area (TPSA) is 89.0 Å². The lowest BCUT2D eigenvalue weighted by Gasteiger charge is -2.25. The first-order chi connectivity index (χ1) is 16.9. The van der Waals surface area contributed by atoms with Gasteiger partial charge in [-0.25, -0.2) is 4.98 Å². The molecule has 1 atom stereocenters. The number of thiazole rings is 1. The maximum atomic E-state index is 13.5. The van der Waals surface area contributed by atoms with E-state index in [1.54, 1.807) is 48.5 Å². The van der Waals surface area contributed by atoms with Gasteiger partial charge in [0.1, 0.15) is 23.3 Å². The minimum atomic E-state index is -0.970. The van der Waals surface area contributed by atoms with E-state index in [9.17, 15) is 14.7 Å². The minimum Gasteiger partial charge on any atom is -0.507 e. The molecule has 1 aliphatic rings. The molecule has 0 aliphatic carbocycles. The Morgan fingerprint density at radius 1 is 1.00 bits per heavy atom. The van der Waals surface area contributed by atoms with Gasteiger partial charge in [0.2, 0.25) is 0 Å².